The Morgan fingerprint density at radius 2 is 1.95 bits per heavy atom. The van der Waals surface area contributed by atoms with Gasteiger partial charge in [-0.2, -0.15) is 0 Å². The van der Waals surface area contributed by atoms with Crippen LogP contribution in [0.5, 0.6) is 5.75 Å². The number of hydrogen-bond acceptors (Lipinski definition) is 4. The first-order chi connectivity index (χ1) is 19.1. The van der Waals surface area contributed by atoms with Crippen LogP contribution in [0.15, 0.2) is 48.7 Å². The molecule has 1 saturated heterocycles. The lowest BCUT2D eigenvalue weighted by molar-refractivity contribution is -0.142. The lowest BCUT2D eigenvalue weighted by atomic mass is 9.82. The van der Waals surface area contributed by atoms with Crippen LogP contribution in [0.25, 0.3) is 11.1 Å². The first kappa shape index (κ1) is 26.9. The van der Waals surface area contributed by atoms with E-state index in [9.17, 15) is 14.3 Å². The van der Waals surface area contributed by atoms with Gasteiger partial charge in [0.25, 0.3) is 0 Å². The van der Waals surface area contributed by atoms with E-state index in [1.54, 1.807) is 0 Å². The van der Waals surface area contributed by atoms with Crippen LogP contribution in [-0.2, 0) is 17.8 Å². The fourth-order valence-electron chi connectivity index (χ4n) is 6.58. The van der Waals surface area contributed by atoms with Gasteiger partial charge in [-0.3, -0.25) is 14.7 Å². The van der Waals surface area contributed by atoms with E-state index < -0.39 is 11.9 Å². The van der Waals surface area contributed by atoms with Gasteiger partial charge in [-0.1, -0.05) is 37.3 Å². The topological polar surface area (TPSA) is 62.7 Å². The summed E-state index contributed by atoms with van der Waals surface area (Å²) in [5.41, 5.74) is 6.84. The van der Waals surface area contributed by atoms with Crippen LogP contribution < -0.4 is 4.74 Å². The molecule has 2 aliphatic heterocycles. The summed E-state index contributed by atoms with van der Waals surface area (Å²) < 4.78 is 21.6. The molecule has 3 heterocycles. The Labute approximate surface area is 236 Å². The normalized spacial score (nSPS) is 21.6. The third-order valence-electron chi connectivity index (χ3n) is 9.47. The number of pyridine rings is 1. The maximum atomic E-state index is 15.0. The summed E-state index contributed by atoms with van der Waals surface area (Å²) in [7, 11) is 0. The molecule has 0 radical (unpaired) electrons. The SMILES string of the molecule is Cc1cc(-c2ccc(C3CCc4ccc([C@H](C5CC5)[C@H](C)C(=O)O)cc4O3)cc2CN2CCC2(C)C)c(F)cn1. The standard InChI is InChI=1S/C34H39FN2O3/c1-20-15-28(29(35)18-36-20)27-11-9-24(16-26(27)19-37-14-13-34(37,3)4)30-12-10-22-5-8-25(17-31(22)40-30)32(23-6-7-23)21(2)33(38)39/h5,8-9,11,15-18,21,23,30,32H,6-7,10,12-14,19H2,1-4H3,(H,38,39)/t21-,30?,32-/m0/s1. The first-order valence-corrected chi connectivity index (χ1v) is 14.6. The highest BCUT2D eigenvalue weighted by Crippen LogP contribution is 2.48. The van der Waals surface area contributed by atoms with Crippen molar-refractivity contribution in [2.75, 3.05) is 6.54 Å². The van der Waals surface area contributed by atoms with E-state index in [0.29, 0.717) is 11.5 Å². The Morgan fingerprint density at radius 1 is 1.15 bits per heavy atom. The van der Waals surface area contributed by atoms with Crippen LogP contribution in [0, 0.1) is 24.6 Å². The molecule has 5 nitrogen and oxygen atoms in total. The average molecular weight is 543 g/mol. The zero-order chi connectivity index (χ0) is 28.2. The summed E-state index contributed by atoms with van der Waals surface area (Å²) in [6, 6.07) is 14.5. The van der Waals surface area contributed by atoms with Gasteiger partial charge < -0.3 is 9.84 Å². The summed E-state index contributed by atoms with van der Waals surface area (Å²) in [6.45, 7) is 10.0. The number of ether oxygens (including phenoxy) is 1. The Balaban J connectivity index is 1.32. The van der Waals surface area contributed by atoms with Crippen LogP contribution in [0.3, 0.4) is 0 Å². The number of rotatable bonds is 8. The van der Waals surface area contributed by atoms with Crippen LogP contribution in [0.4, 0.5) is 4.39 Å². The molecule has 1 N–H and O–H groups in total. The highest BCUT2D eigenvalue weighted by molar-refractivity contribution is 5.71. The van der Waals surface area contributed by atoms with Gasteiger partial charge in [0.15, 0.2) is 0 Å². The molecule has 1 aliphatic carbocycles. The van der Waals surface area contributed by atoms with Gasteiger partial charge in [0.05, 0.1) is 12.1 Å². The molecule has 1 unspecified atom stereocenters. The fourth-order valence-corrected chi connectivity index (χ4v) is 6.58. The lowest BCUT2D eigenvalue weighted by Crippen LogP contribution is -2.54. The van der Waals surface area contributed by atoms with Crippen molar-refractivity contribution in [3.8, 4) is 16.9 Å². The number of aromatic nitrogens is 1. The maximum absolute atomic E-state index is 15.0. The molecule has 6 rings (SSSR count). The van der Waals surface area contributed by atoms with Crippen LogP contribution in [-0.4, -0.2) is 33.0 Å². The molecular formula is C34H39FN2O3. The largest absolute Gasteiger partial charge is 0.485 e. The molecule has 2 fully saturated rings. The number of benzene rings is 2. The summed E-state index contributed by atoms with van der Waals surface area (Å²) in [5, 5.41) is 9.74. The molecule has 3 aliphatic rings. The van der Waals surface area contributed by atoms with Crippen molar-refractivity contribution in [3.05, 3.63) is 82.4 Å². The van der Waals surface area contributed by atoms with Crippen molar-refractivity contribution < 1.29 is 19.0 Å². The smallest absolute Gasteiger partial charge is 0.306 e. The van der Waals surface area contributed by atoms with Gasteiger partial charge in [-0.05, 0) is 105 Å². The second-order valence-corrected chi connectivity index (χ2v) is 12.7. The fraction of sp³-hybridized carbons (Fsp3) is 0.471. The number of hydrogen-bond donors (Lipinski definition) is 1. The summed E-state index contributed by atoms with van der Waals surface area (Å²) in [6.07, 6.45) is 6.29. The molecule has 2 aromatic carbocycles. The van der Waals surface area contributed by atoms with Crippen LogP contribution in [0.1, 0.15) is 86.4 Å². The molecule has 210 valence electrons. The molecule has 1 saturated carbocycles. The third-order valence-corrected chi connectivity index (χ3v) is 9.47. The third kappa shape index (κ3) is 5.14. The minimum Gasteiger partial charge on any atom is -0.485 e. The predicted molar refractivity (Wildman–Crippen MR) is 154 cm³/mol. The molecule has 3 atom stereocenters. The van der Waals surface area contributed by atoms with Gasteiger partial charge in [-0.25, -0.2) is 4.39 Å². The molecular weight excluding hydrogens is 503 g/mol. The molecule has 6 heteroatoms. The first-order valence-electron chi connectivity index (χ1n) is 14.6. The van der Waals surface area contributed by atoms with E-state index in [1.807, 2.05) is 26.0 Å². The van der Waals surface area contributed by atoms with Gasteiger partial charge in [0.2, 0.25) is 0 Å². The van der Waals surface area contributed by atoms with Crippen molar-refractivity contribution >= 4 is 5.97 Å². The van der Waals surface area contributed by atoms with Gasteiger partial charge >= 0.3 is 5.97 Å². The number of likely N-dealkylation sites (tertiary alicyclic amines) is 1. The molecule has 3 aromatic rings. The van der Waals surface area contributed by atoms with E-state index in [1.165, 1.54) is 11.8 Å². The Hall–Kier alpha value is -3.25. The molecule has 0 bridgehead atoms. The number of carboxylic acids is 1. The lowest BCUT2D eigenvalue weighted by Gasteiger charge is -2.49. The molecule has 1 aromatic heterocycles. The number of halogens is 1. The van der Waals surface area contributed by atoms with Crippen molar-refractivity contribution in [3.63, 3.8) is 0 Å². The van der Waals surface area contributed by atoms with Crippen molar-refractivity contribution in [1.82, 2.24) is 9.88 Å². The quantitative estimate of drug-likeness (QED) is 0.320. The Bertz CT molecular complexity index is 1450. The number of aliphatic carboxylic acids is 1. The van der Waals surface area contributed by atoms with E-state index in [4.69, 9.17) is 4.74 Å². The number of carboxylic acid groups (broad SMARTS) is 1. The molecule has 40 heavy (non-hydrogen) atoms. The highest BCUT2D eigenvalue weighted by atomic mass is 19.1. The number of nitrogens with zero attached hydrogens (tertiary/aromatic N) is 2. The monoisotopic (exact) mass is 542 g/mol. The van der Waals surface area contributed by atoms with Gasteiger partial charge in [0, 0.05) is 29.9 Å². The second kappa shape index (κ2) is 10.3. The number of fused-ring (bicyclic) bond motifs is 1. The van der Waals surface area contributed by atoms with E-state index in [-0.39, 0.29) is 23.4 Å². The second-order valence-electron chi connectivity index (χ2n) is 12.7. The maximum Gasteiger partial charge on any atom is 0.306 e. The summed E-state index contributed by atoms with van der Waals surface area (Å²) in [5.74, 6) is -0.172. The van der Waals surface area contributed by atoms with Crippen molar-refractivity contribution in [1.29, 1.82) is 0 Å². The summed E-state index contributed by atoms with van der Waals surface area (Å²) in [4.78, 5) is 18.4. The van der Waals surface area contributed by atoms with Crippen molar-refractivity contribution in [2.45, 2.75) is 83.9 Å². The predicted octanol–water partition coefficient (Wildman–Crippen LogP) is 7.46. The zero-order valence-electron chi connectivity index (χ0n) is 23.9. The Morgan fingerprint density at radius 3 is 2.62 bits per heavy atom. The number of carbonyl (C=O) groups is 1. The minimum absolute atomic E-state index is 0.0104. The van der Waals surface area contributed by atoms with Crippen LogP contribution in [0.2, 0.25) is 0 Å². The van der Waals surface area contributed by atoms with E-state index in [0.717, 1.165) is 78.9 Å². The van der Waals surface area contributed by atoms with E-state index >= 15 is 0 Å². The Kier molecular flexibility index (Phi) is 6.94. The highest BCUT2D eigenvalue weighted by Gasteiger charge is 2.39. The van der Waals surface area contributed by atoms with E-state index in [2.05, 4.69) is 54.1 Å². The van der Waals surface area contributed by atoms with Crippen molar-refractivity contribution in [2.24, 2.45) is 11.8 Å². The van der Waals surface area contributed by atoms with Crippen LogP contribution >= 0.6 is 0 Å². The number of aryl methyl sites for hydroxylation is 2. The molecule has 0 amide bonds. The average Bonchev–Trinajstić information content (AvgIpc) is 3.77. The molecule has 0 spiro atoms. The van der Waals surface area contributed by atoms with Gasteiger partial charge in [-0.15, -0.1) is 0 Å². The minimum atomic E-state index is -0.743. The summed E-state index contributed by atoms with van der Waals surface area (Å²) >= 11 is 0. The zero-order valence-corrected chi connectivity index (χ0v) is 23.9. The van der Waals surface area contributed by atoms with Gasteiger partial charge in [0.1, 0.15) is 17.7 Å².